The molecule has 1 atom stereocenters. The fourth-order valence-corrected chi connectivity index (χ4v) is 4.80. The molecule has 0 radical (unpaired) electrons. The smallest absolute Gasteiger partial charge is 0.146 e. The normalized spacial score (nSPS) is 18.6. The zero-order chi connectivity index (χ0) is 10.8. The van der Waals surface area contributed by atoms with Crippen LogP contribution in [-0.2, 0) is 0 Å². The molecule has 1 aromatic carbocycles. The Kier molecular flexibility index (Phi) is 3.17. The van der Waals surface area contributed by atoms with Gasteiger partial charge in [0.05, 0.1) is 0 Å². The van der Waals surface area contributed by atoms with E-state index in [0.29, 0.717) is 5.92 Å². The van der Waals surface area contributed by atoms with Crippen molar-refractivity contribution in [1.29, 1.82) is 0 Å². The van der Waals surface area contributed by atoms with Crippen molar-refractivity contribution in [3.8, 4) is 0 Å². The predicted molar refractivity (Wildman–Crippen MR) is 70.5 cm³/mol. The molecule has 0 aliphatic carbocycles. The van der Waals surface area contributed by atoms with Crippen molar-refractivity contribution in [3.63, 3.8) is 0 Å². The molecule has 1 aliphatic rings. The van der Waals surface area contributed by atoms with Crippen LogP contribution in [-0.4, -0.2) is 21.7 Å². The van der Waals surface area contributed by atoms with Crippen molar-refractivity contribution < 1.29 is 0 Å². The monoisotopic (exact) mass is 266 g/mol. The van der Waals surface area contributed by atoms with Gasteiger partial charge >= 0.3 is 0 Å². The van der Waals surface area contributed by atoms with Gasteiger partial charge in [-0.3, -0.25) is 0 Å². The number of aromatic nitrogens is 2. The average Bonchev–Trinajstić information content (AvgIpc) is 2.96. The molecule has 5 heteroatoms. The van der Waals surface area contributed by atoms with Gasteiger partial charge in [0.25, 0.3) is 0 Å². The molecule has 3 rings (SSSR count). The first kappa shape index (κ1) is 10.6. The third kappa shape index (κ3) is 2.12. The van der Waals surface area contributed by atoms with E-state index in [2.05, 4.69) is 34.5 Å². The summed E-state index contributed by atoms with van der Waals surface area (Å²) in [4.78, 5) is 1.45. The highest BCUT2D eigenvalue weighted by Gasteiger charge is 2.22. The Morgan fingerprint density at radius 1 is 1.38 bits per heavy atom. The van der Waals surface area contributed by atoms with Gasteiger partial charge in [-0.1, -0.05) is 41.3 Å². The Labute approximate surface area is 107 Å². The Morgan fingerprint density at radius 3 is 3.19 bits per heavy atom. The second-order valence-corrected chi connectivity index (χ2v) is 6.72. The third-order valence-electron chi connectivity index (χ3n) is 2.55. The van der Waals surface area contributed by atoms with Gasteiger partial charge in [0.15, 0.2) is 4.34 Å². The maximum atomic E-state index is 4.06. The largest absolute Gasteiger partial charge is 0.174 e. The van der Waals surface area contributed by atoms with Crippen molar-refractivity contribution >= 4 is 34.9 Å². The van der Waals surface area contributed by atoms with Crippen LogP contribution in [0.4, 0.5) is 0 Å². The first-order chi connectivity index (χ1) is 7.93. The lowest BCUT2D eigenvalue weighted by Crippen LogP contribution is -1.99. The summed E-state index contributed by atoms with van der Waals surface area (Å²) in [5, 5.41) is 7.91. The molecule has 0 bridgehead atoms. The van der Waals surface area contributed by atoms with E-state index in [1.54, 1.807) is 16.8 Å². The lowest BCUT2D eigenvalue weighted by molar-refractivity contribution is 0.893. The molecule has 2 aromatic rings. The van der Waals surface area contributed by atoms with E-state index in [-0.39, 0.29) is 0 Å². The predicted octanol–water partition coefficient (Wildman–Crippen LogP) is 3.52. The maximum Gasteiger partial charge on any atom is 0.174 e. The Morgan fingerprint density at radius 2 is 2.31 bits per heavy atom. The highest BCUT2D eigenvalue weighted by molar-refractivity contribution is 8.01. The van der Waals surface area contributed by atoms with Gasteiger partial charge in [0.1, 0.15) is 5.51 Å². The van der Waals surface area contributed by atoms with Crippen molar-refractivity contribution in [1.82, 2.24) is 10.2 Å². The van der Waals surface area contributed by atoms with Gasteiger partial charge in [0.2, 0.25) is 0 Å². The summed E-state index contributed by atoms with van der Waals surface area (Å²) in [5.41, 5.74) is 3.30. The topological polar surface area (TPSA) is 25.8 Å². The van der Waals surface area contributed by atoms with E-state index >= 15 is 0 Å². The SMILES string of the molecule is c1ccc2c(c1)SCC2CSc1nncs1. The van der Waals surface area contributed by atoms with Crippen LogP contribution in [0.3, 0.4) is 0 Å². The zero-order valence-corrected chi connectivity index (χ0v) is 10.9. The van der Waals surface area contributed by atoms with Crippen LogP contribution in [0, 0.1) is 0 Å². The summed E-state index contributed by atoms with van der Waals surface area (Å²) < 4.78 is 1.08. The minimum absolute atomic E-state index is 0.662. The molecular weight excluding hydrogens is 256 g/mol. The van der Waals surface area contributed by atoms with Gasteiger partial charge in [-0.25, -0.2) is 0 Å². The van der Waals surface area contributed by atoms with E-state index in [1.165, 1.54) is 16.2 Å². The molecule has 82 valence electrons. The highest BCUT2D eigenvalue weighted by Crippen LogP contribution is 2.41. The molecule has 0 N–H and O–H groups in total. The molecule has 0 amide bonds. The Balaban J connectivity index is 1.69. The number of nitrogens with zero attached hydrogens (tertiary/aromatic N) is 2. The van der Waals surface area contributed by atoms with E-state index in [4.69, 9.17) is 0 Å². The first-order valence-corrected chi connectivity index (χ1v) is 7.89. The number of rotatable bonds is 3. The number of thioether (sulfide) groups is 2. The van der Waals surface area contributed by atoms with Crippen molar-refractivity contribution in [3.05, 3.63) is 35.3 Å². The second-order valence-electron chi connectivity index (χ2n) is 3.56. The van der Waals surface area contributed by atoms with Gasteiger partial charge < -0.3 is 0 Å². The first-order valence-electron chi connectivity index (χ1n) is 5.04. The van der Waals surface area contributed by atoms with Crippen LogP contribution >= 0.6 is 34.9 Å². The number of hydrogen-bond donors (Lipinski definition) is 0. The molecule has 0 spiro atoms. The van der Waals surface area contributed by atoms with Gasteiger partial charge in [-0.2, -0.15) is 0 Å². The molecule has 1 aliphatic heterocycles. The number of fused-ring (bicyclic) bond motifs is 1. The Hall–Kier alpha value is -0.520. The van der Waals surface area contributed by atoms with E-state index in [1.807, 2.05) is 23.5 Å². The summed E-state index contributed by atoms with van der Waals surface area (Å²) >= 11 is 5.41. The summed E-state index contributed by atoms with van der Waals surface area (Å²) in [7, 11) is 0. The fourth-order valence-electron chi connectivity index (χ4n) is 1.76. The van der Waals surface area contributed by atoms with Crippen LogP contribution in [0.25, 0.3) is 0 Å². The van der Waals surface area contributed by atoms with Gasteiger partial charge in [-0.05, 0) is 11.6 Å². The molecule has 16 heavy (non-hydrogen) atoms. The van der Waals surface area contributed by atoms with E-state index in [0.717, 1.165) is 10.1 Å². The van der Waals surface area contributed by atoms with E-state index in [9.17, 15) is 0 Å². The molecule has 1 aromatic heterocycles. The van der Waals surface area contributed by atoms with Crippen molar-refractivity contribution in [2.24, 2.45) is 0 Å². The number of benzene rings is 1. The van der Waals surface area contributed by atoms with Crippen LogP contribution < -0.4 is 0 Å². The fraction of sp³-hybridized carbons (Fsp3) is 0.273. The molecule has 0 fully saturated rings. The minimum Gasteiger partial charge on any atom is -0.146 e. The quantitative estimate of drug-likeness (QED) is 0.794. The van der Waals surface area contributed by atoms with Gasteiger partial charge in [-0.15, -0.1) is 22.0 Å². The Bertz CT molecular complexity index is 470. The second kappa shape index (κ2) is 4.77. The van der Waals surface area contributed by atoms with Gasteiger partial charge in [0, 0.05) is 22.3 Å². The van der Waals surface area contributed by atoms with Crippen LogP contribution in [0.5, 0.6) is 0 Å². The van der Waals surface area contributed by atoms with Crippen molar-refractivity contribution in [2.45, 2.75) is 15.2 Å². The molecule has 0 saturated heterocycles. The minimum atomic E-state index is 0.662. The molecular formula is C11H10N2S3. The molecule has 1 unspecified atom stereocenters. The standard InChI is InChI=1S/C11H10N2S3/c1-2-4-10-9(3-1)8(5-14-10)6-15-11-13-12-7-16-11/h1-4,7-8H,5-6H2. The lowest BCUT2D eigenvalue weighted by Gasteiger charge is -2.08. The summed E-state index contributed by atoms with van der Waals surface area (Å²) in [6.07, 6.45) is 0. The zero-order valence-electron chi connectivity index (χ0n) is 8.50. The third-order valence-corrected chi connectivity index (χ3v) is 5.82. The van der Waals surface area contributed by atoms with Crippen LogP contribution in [0.1, 0.15) is 11.5 Å². The van der Waals surface area contributed by atoms with Crippen LogP contribution in [0.2, 0.25) is 0 Å². The molecule has 2 heterocycles. The maximum absolute atomic E-state index is 4.06. The number of hydrogen-bond acceptors (Lipinski definition) is 5. The molecule has 2 nitrogen and oxygen atoms in total. The lowest BCUT2D eigenvalue weighted by atomic mass is 10.0. The van der Waals surface area contributed by atoms with Crippen molar-refractivity contribution in [2.75, 3.05) is 11.5 Å². The average molecular weight is 266 g/mol. The van der Waals surface area contributed by atoms with Crippen LogP contribution in [0.15, 0.2) is 39.0 Å². The molecule has 0 saturated carbocycles. The summed E-state index contributed by atoms with van der Waals surface area (Å²) in [6, 6.07) is 8.72. The highest BCUT2D eigenvalue weighted by atomic mass is 32.2. The summed E-state index contributed by atoms with van der Waals surface area (Å²) in [5.74, 6) is 2.97. The van der Waals surface area contributed by atoms with E-state index < -0.39 is 0 Å². The summed E-state index contributed by atoms with van der Waals surface area (Å²) in [6.45, 7) is 0.